The number of nitrogens with zero attached hydrogens (tertiary/aromatic N) is 1. The van der Waals surface area contributed by atoms with Crippen molar-refractivity contribution in [2.24, 2.45) is 0 Å². The molecule has 0 radical (unpaired) electrons. The van der Waals surface area contributed by atoms with Crippen molar-refractivity contribution in [3.8, 4) is 28.4 Å². The van der Waals surface area contributed by atoms with Gasteiger partial charge in [0.05, 0.1) is 36.8 Å². The molecule has 0 fully saturated rings. The van der Waals surface area contributed by atoms with Crippen LogP contribution in [0.4, 0.5) is 17.1 Å². The highest BCUT2D eigenvalue weighted by Gasteiger charge is 2.38. The third kappa shape index (κ3) is 5.41. The number of likely N-dealkylation sites (N-methyl/N-ethyl adjacent to an activating group) is 1. The number of anilines is 3. The van der Waals surface area contributed by atoms with Gasteiger partial charge in [-0.3, -0.25) is 4.79 Å². The third-order valence-corrected chi connectivity index (χ3v) is 7.15. The van der Waals surface area contributed by atoms with E-state index < -0.39 is 11.5 Å². The zero-order chi connectivity index (χ0) is 29.1. The average Bonchev–Trinajstić information content (AvgIpc) is 2.99. The molecule has 4 aromatic rings. The molecular formula is C33H33N3O5. The summed E-state index contributed by atoms with van der Waals surface area (Å²) in [5.41, 5.74) is 4.70. The number of methoxy groups -OCH3 is 2. The van der Waals surface area contributed by atoms with Crippen molar-refractivity contribution in [3.63, 3.8) is 0 Å². The van der Waals surface area contributed by atoms with E-state index in [1.165, 1.54) is 0 Å². The number of hydrogen-bond donors (Lipinski definition) is 2. The molecule has 8 nitrogen and oxygen atoms in total. The zero-order valence-corrected chi connectivity index (χ0v) is 23.8. The Bertz CT molecular complexity index is 1600. The van der Waals surface area contributed by atoms with Gasteiger partial charge < -0.3 is 29.7 Å². The largest absolute Gasteiger partial charge is 0.496 e. The fourth-order valence-corrected chi connectivity index (χ4v) is 5.13. The second kappa shape index (κ2) is 11.3. The second-order valence-electron chi connectivity index (χ2n) is 10.3. The predicted octanol–water partition coefficient (Wildman–Crippen LogP) is 6.37. The van der Waals surface area contributed by atoms with E-state index in [-0.39, 0.29) is 5.91 Å². The summed E-state index contributed by atoms with van der Waals surface area (Å²) in [5.74, 6) is 1.10. The standard InChI is InChI=1S/C33H33N3O5/c1-33(2)32(38)36(3)30-25(20-34-26-13-9-10-14-28(26)39-4)23(17-18-27(30)35-33)24-16-15-22(19-29(24)40-5)41-31(37)21-11-7-6-8-12-21/h6-19,34-35H,20H2,1-5H3. The van der Waals surface area contributed by atoms with Gasteiger partial charge in [0.15, 0.2) is 0 Å². The van der Waals surface area contributed by atoms with E-state index in [9.17, 15) is 9.59 Å². The maximum absolute atomic E-state index is 13.3. The minimum absolute atomic E-state index is 0.0455. The van der Waals surface area contributed by atoms with E-state index in [4.69, 9.17) is 14.2 Å². The minimum atomic E-state index is -0.751. The van der Waals surface area contributed by atoms with Gasteiger partial charge in [-0.25, -0.2) is 4.79 Å². The van der Waals surface area contributed by atoms with Gasteiger partial charge in [0.25, 0.3) is 5.91 Å². The van der Waals surface area contributed by atoms with Crippen LogP contribution in [0.15, 0.2) is 84.9 Å². The monoisotopic (exact) mass is 551 g/mol. The molecule has 1 heterocycles. The fraction of sp³-hybridized carbons (Fsp3) is 0.212. The van der Waals surface area contributed by atoms with Crippen LogP contribution in [-0.4, -0.2) is 38.7 Å². The van der Waals surface area contributed by atoms with Crippen LogP contribution in [0.1, 0.15) is 29.8 Å². The summed E-state index contributed by atoms with van der Waals surface area (Å²) in [6.45, 7) is 4.13. The Labute approximate surface area is 239 Å². The molecule has 0 saturated carbocycles. The molecule has 0 spiro atoms. The lowest BCUT2D eigenvalue weighted by atomic mass is 9.91. The summed E-state index contributed by atoms with van der Waals surface area (Å²) in [6, 6.07) is 25.8. The second-order valence-corrected chi connectivity index (χ2v) is 10.3. The lowest BCUT2D eigenvalue weighted by Gasteiger charge is -2.40. The van der Waals surface area contributed by atoms with E-state index in [0.29, 0.717) is 29.4 Å². The summed E-state index contributed by atoms with van der Waals surface area (Å²) in [4.78, 5) is 27.7. The normalized spacial score (nSPS) is 13.6. The van der Waals surface area contributed by atoms with Crippen molar-refractivity contribution in [1.29, 1.82) is 0 Å². The van der Waals surface area contributed by atoms with Crippen molar-refractivity contribution in [2.75, 3.05) is 36.8 Å². The zero-order valence-electron chi connectivity index (χ0n) is 23.8. The Balaban J connectivity index is 1.58. The maximum atomic E-state index is 13.3. The van der Waals surface area contributed by atoms with Crippen LogP contribution in [0.3, 0.4) is 0 Å². The van der Waals surface area contributed by atoms with Crippen molar-refractivity contribution < 1.29 is 23.8 Å². The van der Waals surface area contributed by atoms with Crippen molar-refractivity contribution in [3.05, 3.63) is 96.1 Å². The van der Waals surface area contributed by atoms with Gasteiger partial charge in [0.1, 0.15) is 22.8 Å². The van der Waals surface area contributed by atoms with Gasteiger partial charge in [-0.2, -0.15) is 0 Å². The predicted molar refractivity (Wildman–Crippen MR) is 161 cm³/mol. The number of nitrogens with one attached hydrogen (secondary N) is 2. The van der Waals surface area contributed by atoms with Crippen LogP contribution >= 0.6 is 0 Å². The molecule has 1 aliphatic rings. The average molecular weight is 552 g/mol. The van der Waals surface area contributed by atoms with Gasteiger partial charge in [0.2, 0.25) is 0 Å². The van der Waals surface area contributed by atoms with Crippen LogP contribution in [0.5, 0.6) is 17.2 Å². The van der Waals surface area contributed by atoms with Gasteiger partial charge in [-0.15, -0.1) is 0 Å². The summed E-state index contributed by atoms with van der Waals surface area (Å²) in [6.07, 6.45) is 0. The van der Waals surface area contributed by atoms with Crippen LogP contribution in [0.2, 0.25) is 0 Å². The summed E-state index contributed by atoms with van der Waals surface area (Å²) >= 11 is 0. The molecule has 1 amide bonds. The Morgan fingerprint density at radius 3 is 2.29 bits per heavy atom. The third-order valence-electron chi connectivity index (χ3n) is 7.15. The molecule has 8 heteroatoms. The van der Waals surface area contributed by atoms with Crippen LogP contribution < -0.4 is 29.7 Å². The molecule has 0 atom stereocenters. The minimum Gasteiger partial charge on any atom is -0.496 e. The molecule has 0 bridgehead atoms. The lowest BCUT2D eigenvalue weighted by molar-refractivity contribution is -0.121. The number of esters is 1. The molecule has 41 heavy (non-hydrogen) atoms. The van der Waals surface area contributed by atoms with Gasteiger partial charge in [-0.1, -0.05) is 36.4 Å². The highest BCUT2D eigenvalue weighted by Crippen LogP contribution is 2.45. The van der Waals surface area contributed by atoms with Crippen LogP contribution in [0, 0.1) is 0 Å². The highest BCUT2D eigenvalue weighted by molar-refractivity contribution is 6.09. The Kier molecular flexibility index (Phi) is 7.57. The first-order chi connectivity index (χ1) is 19.7. The van der Waals surface area contributed by atoms with E-state index in [2.05, 4.69) is 10.6 Å². The van der Waals surface area contributed by atoms with Crippen molar-refractivity contribution >= 4 is 28.9 Å². The molecule has 0 saturated heterocycles. The topological polar surface area (TPSA) is 89.1 Å². The number of carbonyl (C=O) groups is 2. The molecule has 2 N–H and O–H groups in total. The van der Waals surface area contributed by atoms with Crippen molar-refractivity contribution in [2.45, 2.75) is 25.9 Å². The molecule has 0 aliphatic carbocycles. The van der Waals surface area contributed by atoms with Gasteiger partial charge in [-0.05, 0) is 61.9 Å². The van der Waals surface area contributed by atoms with E-state index >= 15 is 0 Å². The van der Waals surface area contributed by atoms with E-state index in [1.54, 1.807) is 62.6 Å². The number of amides is 1. The van der Waals surface area contributed by atoms with Crippen molar-refractivity contribution in [1.82, 2.24) is 0 Å². The SMILES string of the molecule is COc1ccccc1NCc1c(-c2ccc(OC(=O)c3ccccc3)cc2OC)ccc2c1N(C)C(=O)C(C)(C)N2. The van der Waals surface area contributed by atoms with Crippen LogP contribution in [-0.2, 0) is 11.3 Å². The summed E-state index contributed by atoms with van der Waals surface area (Å²) in [5, 5.41) is 6.89. The summed E-state index contributed by atoms with van der Waals surface area (Å²) < 4.78 is 16.9. The number of benzene rings is 4. The number of para-hydroxylation sites is 2. The quantitative estimate of drug-likeness (QED) is 0.194. The van der Waals surface area contributed by atoms with E-state index in [1.807, 2.05) is 62.4 Å². The smallest absolute Gasteiger partial charge is 0.343 e. The molecular weight excluding hydrogens is 518 g/mol. The first-order valence-electron chi connectivity index (χ1n) is 13.3. The number of ether oxygens (including phenoxy) is 3. The fourth-order valence-electron chi connectivity index (χ4n) is 5.13. The summed E-state index contributed by atoms with van der Waals surface area (Å²) in [7, 11) is 5.00. The Hall–Kier alpha value is -4.98. The number of carbonyl (C=O) groups excluding carboxylic acids is 2. The highest BCUT2D eigenvalue weighted by atomic mass is 16.5. The van der Waals surface area contributed by atoms with E-state index in [0.717, 1.165) is 33.8 Å². The first-order valence-corrected chi connectivity index (χ1v) is 13.3. The number of fused-ring (bicyclic) bond motifs is 1. The van der Waals surface area contributed by atoms with Gasteiger partial charge >= 0.3 is 5.97 Å². The molecule has 0 unspecified atom stereocenters. The maximum Gasteiger partial charge on any atom is 0.343 e. The van der Waals surface area contributed by atoms with Gasteiger partial charge in [0, 0.05) is 30.8 Å². The molecule has 210 valence electrons. The van der Waals surface area contributed by atoms with Crippen LogP contribution in [0.25, 0.3) is 11.1 Å². The molecule has 5 rings (SSSR count). The Morgan fingerprint density at radius 2 is 1.56 bits per heavy atom. The Morgan fingerprint density at radius 1 is 0.878 bits per heavy atom. The first kappa shape index (κ1) is 27.6. The lowest BCUT2D eigenvalue weighted by Crippen LogP contribution is -2.52. The molecule has 0 aromatic heterocycles. The molecule has 1 aliphatic heterocycles. The molecule has 4 aromatic carbocycles. The number of rotatable bonds is 8. The number of hydrogen-bond acceptors (Lipinski definition) is 7.